The molecule has 8 heteroatoms. The highest BCUT2D eigenvalue weighted by molar-refractivity contribution is 7.89. The minimum absolute atomic E-state index is 0.0165. The van der Waals surface area contributed by atoms with Crippen molar-refractivity contribution < 1.29 is 26.3 Å². The molecular formula is C13H16F3NO3S. The molecule has 118 valence electrons. The van der Waals surface area contributed by atoms with Crippen molar-refractivity contribution >= 4 is 10.0 Å². The summed E-state index contributed by atoms with van der Waals surface area (Å²) in [6.45, 7) is 1.13. The molecule has 1 unspecified atom stereocenters. The molecule has 1 fully saturated rings. The Balaban J connectivity index is 2.31. The van der Waals surface area contributed by atoms with Crippen molar-refractivity contribution in [3.05, 3.63) is 29.8 Å². The number of hydrogen-bond donors (Lipinski definition) is 0. The minimum Gasteiger partial charge on any atom is -0.381 e. The molecule has 1 aliphatic heterocycles. The van der Waals surface area contributed by atoms with Crippen LogP contribution < -0.4 is 0 Å². The van der Waals surface area contributed by atoms with E-state index in [2.05, 4.69) is 0 Å². The van der Waals surface area contributed by atoms with E-state index in [1.54, 1.807) is 0 Å². The molecule has 0 bridgehead atoms. The Hall–Kier alpha value is -1.12. The third-order valence-corrected chi connectivity index (χ3v) is 5.30. The van der Waals surface area contributed by atoms with Crippen LogP contribution in [0.5, 0.6) is 0 Å². The van der Waals surface area contributed by atoms with Gasteiger partial charge in [-0.3, -0.25) is 0 Å². The summed E-state index contributed by atoms with van der Waals surface area (Å²) in [5.41, 5.74) is -1.14. The number of nitrogens with zero attached hydrogens (tertiary/aromatic N) is 1. The van der Waals surface area contributed by atoms with Crippen LogP contribution in [0.3, 0.4) is 0 Å². The molecule has 0 radical (unpaired) electrons. The van der Waals surface area contributed by atoms with Gasteiger partial charge in [0, 0.05) is 20.2 Å². The maximum absolute atomic E-state index is 12.9. The van der Waals surface area contributed by atoms with E-state index in [1.807, 2.05) is 0 Å². The molecule has 2 rings (SSSR count). The summed E-state index contributed by atoms with van der Waals surface area (Å²) in [6, 6.07) is 4.22. The molecule has 0 saturated carbocycles. The largest absolute Gasteiger partial charge is 0.417 e. The Morgan fingerprint density at radius 3 is 2.57 bits per heavy atom. The Bertz CT molecular complexity index is 595. The normalized spacial score (nSPS) is 20.1. The van der Waals surface area contributed by atoms with Crippen molar-refractivity contribution in [2.45, 2.75) is 17.5 Å². The second kappa shape index (κ2) is 5.94. The van der Waals surface area contributed by atoms with Crippen LogP contribution in [-0.2, 0) is 20.9 Å². The van der Waals surface area contributed by atoms with Crippen molar-refractivity contribution in [2.24, 2.45) is 5.92 Å². The maximum atomic E-state index is 12.9. The molecule has 1 atom stereocenters. The van der Waals surface area contributed by atoms with Crippen molar-refractivity contribution in [1.82, 2.24) is 4.31 Å². The number of sulfonamides is 1. The third kappa shape index (κ3) is 3.56. The van der Waals surface area contributed by atoms with Crippen LogP contribution in [0, 0.1) is 5.92 Å². The summed E-state index contributed by atoms with van der Waals surface area (Å²) in [4.78, 5) is -0.709. The average molecular weight is 323 g/mol. The molecule has 0 N–H and O–H groups in total. The second-order valence-corrected chi connectivity index (χ2v) is 7.02. The van der Waals surface area contributed by atoms with E-state index < -0.39 is 26.7 Å². The number of alkyl halides is 3. The van der Waals surface area contributed by atoms with E-state index in [0.717, 1.165) is 16.4 Å². The first-order valence-electron chi connectivity index (χ1n) is 6.43. The quantitative estimate of drug-likeness (QED) is 0.854. The zero-order valence-corrected chi connectivity index (χ0v) is 12.2. The number of rotatable bonds is 4. The van der Waals surface area contributed by atoms with Crippen molar-refractivity contribution in [3.63, 3.8) is 0 Å². The van der Waals surface area contributed by atoms with Crippen LogP contribution >= 0.6 is 0 Å². The van der Waals surface area contributed by atoms with Crippen LogP contribution in [0.4, 0.5) is 13.2 Å². The van der Waals surface area contributed by atoms with Crippen LogP contribution in [0.15, 0.2) is 29.2 Å². The van der Waals surface area contributed by atoms with Gasteiger partial charge in [-0.05, 0) is 24.5 Å². The summed E-state index contributed by atoms with van der Waals surface area (Å²) in [6.07, 6.45) is -4.00. The smallest absolute Gasteiger partial charge is 0.381 e. The lowest BCUT2D eigenvalue weighted by Crippen LogP contribution is -2.33. The van der Waals surface area contributed by atoms with Gasteiger partial charge in [0.05, 0.1) is 17.1 Å². The van der Waals surface area contributed by atoms with Gasteiger partial charge in [-0.1, -0.05) is 12.1 Å². The Kier molecular flexibility index (Phi) is 4.60. The van der Waals surface area contributed by atoms with Crippen LogP contribution in [0.25, 0.3) is 0 Å². The molecule has 0 amide bonds. The Morgan fingerprint density at radius 1 is 1.33 bits per heavy atom. The van der Waals surface area contributed by atoms with Gasteiger partial charge < -0.3 is 4.74 Å². The fourth-order valence-corrected chi connectivity index (χ4v) is 3.74. The molecule has 1 aliphatic rings. The molecule has 0 spiro atoms. The SMILES string of the molecule is CN(CC1CCOC1)S(=O)(=O)c1ccccc1C(F)(F)F. The van der Waals surface area contributed by atoms with Gasteiger partial charge in [0.15, 0.2) is 0 Å². The molecule has 4 nitrogen and oxygen atoms in total. The lowest BCUT2D eigenvalue weighted by Gasteiger charge is -2.22. The zero-order valence-electron chi connectivity index (χ0n) is 11.4. The fourth-order valence-electron chi connectivity index (χ4n) is 2.28. The van der Waals surface area contributed by atoms with Crippen LogP contribution in [-0.4, -0.2) is 39.5 Å². The van der Waals surface area contributed by atoms with Gasteiger partial charge >= 0.3 is 6.18 Å². The van der Waals surface area contributed by atoms with E-state index in [9.17, 15) is 21.6 Å². The first kappa shape index (κ1) is 16.3. The second-order valence-electron chi connectivity index (χ2n) is 5.01. The Morgan fingerprint density at radius 2 is 2.00 bits per heavy atom. The highest BCUT2D eigenvalue weighted by Crippen LogP contribution is 2.35. The summed E-state index contributed by atoms with van der Waals surface area (Å²) in [5, 5.41) is 0. The fraction of sp³-hybridized carbons (Fsp3) is 0.538. The predicted molar refractivity (Wildman–Crippen MR) is 70.2 cm³/mol. The van der Waals surface area contributed by atoms with Crippen molar-refractivity contribution in [3.8, 4) is 0 Å². The average Bonchev–Trinajstić information content (AvgIpc) is 2.90. The third-order valence-electron chi connectivity index (χ3n) is 3.42. The highest BCUT2D eigenvalue weighted by Gasteiger charge is 2.38. The predicted octanol–water partition coefficient (Wildman–Crippen LogP) is 2.36. The summed E-state index contributed by atoms with van der Waals surface area (Å²) >= 11 is 0. The van der Waals surface area contributed by atoms with E-state index in [1.165, 1.54) is 19.2 Å². The van der Waals surface area contributed by atoms with Crippen molar-refractivity contribution in [2.75, 3.05) is 26.8 Å². The summed E-state index contributed by atoms with van der Waals surface area (Å²) < 4.78 is 69.7. The minimum atomic E-state index is -4.71. The van der Waals surface area contributed by atoms with Crippen molar-refractivity contribution in [1.29, 1.82) is 0 Å². The van der Waals surface area contributed by atoms with Gasteiger partial charge in [-0.15, -0.1) is 0 Å². The standard InChI is InChI=1S/C13H16F3NO3S/c1-17(8-10-6-7-20-9-10)21(18,19)12-5-3-2-4-11(12)13(14,15)16/h2-5,10H,6-9H2,1H3. The van der Waals surface area contributed by atoms with Crippen LogP contribution in [0.1, 0.15) is 12.0 Å². The molecule has 0 aromatic heterocycles. The van der Waals surface area contributed by atoms with E-state index in [4.69, 9.17) is 4.74 Å². The summed E-state index contributed by atoms with van der Waals surface area (Å²) in [7, 11) is -2.89. The topological polar surface area (TPSA) is 46.6 Å². The van der Waals surface area contributed by atoms with E-state index >= 15 is 0 Å². The highest BCUT2D eigenvalue weighted by atomic mass is 32.2. The monoisotopic (exact) mass is 323 g/mol. The molecule has 21 heavy (non-hydrogen) atoms. The number of benzene rings is 1. The number of ether oxygens (including phenoxy) is 1. The van der Waals surface area contributed by atoms with E-state index in [-0.39, 0.29) is 12.5 Å². The van der Waals surface area contributed by atoms with Gasteiger partial charge in [0.2, 0.25) is 10.0 Å². The zero-order chi connectivity index (χ0) is 15.7. The van der Waals surface area contributed by atoms with Gasteiger partial charge in [0.1, 0.15) is 0 Å². The Labute approximate surface area is 121 Å². The van der Waals surface area contributed by atoms with Crippen LogP contribution in [0.2, 0.25) is 0 Å². The molecule has 1 heterocycles. The van der Waals surface area contributed by atoms with Gasteiger partial charge in [0.25, 0.3) is 0 Å². The molecule has 1 saturated heterocycles. The first-order chi connectivity index (χ1) is 9.73. The maximum Gasteiger partial charge on any atom is 0.417 e. The van der Waals surface area contributed by atoms with Gasteiger partial charge in [-0.2, -0.15) is 13.2 Å². The molecular weight excluding hydrogens is 307 g/mol. The molecule has 1 aromatic carbocycles. The lowest BCUT2D eigenvalue weighted by molar-refractivity contribution is -0.139. The molecule has 1 aromatic rings. The van der Waals surface area contributed by atoms with E-state index in [0.29, 0.717) is 19.6 Å². The lowest BCUT2D eigenvalue weighted by atomic mass is 10.1. The molecule has 0 aliphatic carbocycles. The summed E-state index contributed by atoms with van der Waals surface area (Å²) in [5.74, 6) is 0.0165. The number of halogens is 3. The first-order valence-corrected chi connectivity index (χ1v) is 7.87. The van der Waals surface area contributed by atoms with Gasteiger partial charge in [-0.25, -0.2) is 12.7 Å². The number of hydrogen-bond acceptors (Lipinski definition) is 3.